The molecular weight excluding hydrogens is 528 g/mol. The zero-order valence-corrected chi connectivity index (χ0v) is 20.5. The molecule has 188 valence electrons. The molecule has 0 saturated carbocycles. The van der Waals surface area contributed by atoms with Crippen molar-refractivity contribution < 1.29 is 27.6 Å². The van der Waals surface area contributed by atoms with Gasteiger partial charge in [0.15, 0.2) is 0 Å². The van der Waals surface area contributed by atoms with Crippen molar-refractivity contribution in [2.45, 2.75) is 37.1 Å². The molecule has 2 unspecified atom stereocenters. The molecule has 0 aromatic heterocycles. The molecule has 6 rings (SSSR count). The molecule has 0 radical (unpaired) electrons. The minimum Gasteiger partial charge on any atom is -0.374 e. The van der Waals surface area contributed by atoms with E-state index in [1.54, 1.807) is 42.5 Å². The average molecular weight is 545 g/mol. The zero-order chi connectivity index (χ0) is 26.1. The number of fused-ring (bicyclic) bond motifs is 2. The number of hydrogen-bond acceptors (Lipinski definition) is 4. The van der Waals surface area contributed by atoms with Gasteiger partial charge in [0.25, 0.3) is 17.4 Å². The van der Waals surface area contributed by atoms with Crippen LogP contribution in [0, 0.1) is 0 Å². The second kappa shape index (κ2) is 8.33. The van der Waals surface area contributed by atoms with E-state index in [1.807, 2.05) is 0 Å². The zero-order valence-electron chi connectivity index (χ0n) is 19.0. The second-order valence-electron chi connectivity index (χ2n) is 9.28. The minimum absolute atomic E-state index is 0.0555. The van der Waals surface area contributed by atoms with Gasteiger partial charge >= 0.3 is 6.18 Å². The van der Waals surface area contributed by atoms with Gasteiger partial charge in [0.2, 0.25) is 0 Å². The summed E-state index contributed by atoms with van der Waals surface area (Å²) in [5, 5.41) is 3.94. The summed E-state index contributed by atoms with van der Waals surface area (Å²) in [6.45, 7) is 0. The Labute approximate surface area is 219 Å². The van der Waals surface area contributed by atoms with Crippen molar-refractivity contribution in [1.29, 1.82) is 0 Å². The number of imide groups is 1. The van der Waals surface area contributed by atoms with Crippen LogP contribution >= 0.6 is 23.2 Å². The van der Waals surface area contributed by atoms with Crippen LogP contribution < -0.4 is 0 Å². The molecule has 2 atom stereocenters. The SMILES string of the molecule is O=C1c2ccccc2C(=O)N1C1CCc2cc(C3=NOC(c4cc(Cl)cc(Cl)c4)(C(F)(F)F)C3)ccc21. The van der Waals surface area contributed by atoms with E-state index in [0.717, 1.165) is 11.1 Å². The van der Waals surface area contributed by atoms with Crippen LogP contribution in [-0.2, 0) is 16.9 Å². The van der Waals surface area contributed by atoms with Crippen LogP contribution in [0.2, 0.25) is 10.0 Å². The molecule has 2 aliphatic heterocycles. The van der Waals surface area contributed by atoms with Gasteiger partial charge in [-0.05, 0) is 65.9 Å². The molecule has 37 heavy (non-hydrogen) atoms. The van der Waals surface area contributed by atoms with Crippen LogP contribution in [0.5, 0.6) is 0 Å². The van der Waals surface area contributed by atoms with E-state index in [-0.39, 0.29) is 33.1 Å². The number of halogens is 5. The largest absolute Gasteiger partial charge is 0.435 e. The van der Waals surface area contributed by atoms with Gasteiger partial charge in [-0.25, -0.2) is 0 Å². The molecule has 5 nitrogen and oxygen atoms in total. The summed E-state index contributed by atoms with van der Waals surface area (Å²) in [6.07, 6.45) is -4.27. The van der Waals surface area contributed by atoms with Gasteiger partial charge in [0.05, 0.1) is 22.9 Å². The predicted octanol–water partition coefficient (Wildman–Crippen LogP) is 6.86. The fourth-order valence-electron chi connectivity index (χ4n) is 5.38. The Morgan fingerprint density at radius 2 is 1.59 bits per heavy atom. The summed E-state index contributed by atoms with van der Waals surface area (Å²) >= 11 is 12.0. The molecule has 10 heteroatoms. The lowest BCUT2D eigenvalue weighted by molar-refractivity contribution is -0.275. The molecule has 0 bridgehead atoms. The van der Waals surface area contributed by atoms with E-state index >= 15 is 0 Å². The molecule has 3 aromatic carbocycles. The van der Waals surface area contributed by atoms with Gasteiger partial charge in [-0.15, -0.1) is 0 Å². The minimum atomic E-state index is -4.79. The number of alkyl halides is 3. The number of aryl methyl sites for hydroxylation is 1. The molecule has 3 aromatic rings. The number of rotatable bonds is 3. The third kappa shape index (κ3) is 3.65. The molecule has 0 fully saturated rings. The molecule has 2 heterocycles. The lowest BCUT2D eigenvalue weighted by Gasteiger charge is -2.29. The van der Waals surface area contributed by atoms with Gasteiger partial charge in [0.1, 0.15) is 0 Å². The van der Waals surface area contributed by atoms with E-state index < -0.39 is 24.2 Å². The summed E-state index contributed by atoms with van der Waals surface area (Å²) < 4.78 is 43.0. The van der Waals surface area contributed by atoms with Gasteiger partial charge in [-0.3, -0.25) is 14.5 Å². The smallest absolute Gasteiger partial charge is 0.374 e. The Morgan fingerprint density at radius 1 is 0.946 bits per heavy atom. The van der Waals surface area contributed by atoms with Crippen molar-refractivity contribution in [3.05, 3.63) is 104 Å². The van der Waals surface area contributed by atoms with Crippen LogP contribution in [0.15, 0.2) is 65.8 Å². The Bertz CT molecular complexity index is 1470. The van der Waals surface area contributed by atoms with Crippen LogP contribution in [0.1, 0.15) is 61.9 Å². The standard InChI is InChI=1S/C27H17Cl2F3N2O3/c28-17-10-16(11-18(29)12-17)26(27(30,31)32)13-22(33-37-26)15-5-7-19-14(9-15)6-8-23(19)34-24(35)20-3-1-2-4-21(20)25(34)36/h1-5,7,9-12,23H,6,8,13H2. The molecule has 0 N–H and O–H groups in total. The lowest BCUT2D eigenvalue weighted by atomic mass is 9.86. The molecular formula is C27H17Cl2F3N2O3. The van der Waals surface area contributed by atoms with E-state index in [1.165, 1.54) is 23.1 Å². The fourth-order valence-corrected chi connectivity index (χ4v) is 5.91. The molecule has 0 saturated heterocycles. The maximum Gasteiger partial charge on any atom is 0.435 e. The van der Waals surface area contributed by atoms with Crippen LogP contribution in [0.4, 0.5) is 13.2 Å². The van der Waals surface area contributed by atoms with Gasteiger partial charge in [-0.2, -0.15) is 13.2 Å². The number of amides is 2. The number of benzene rings is 3. The van der Waals surface area contributed by atoms with Crippen molar-refractivity contribution in [2.75, 3.05) is 0 Å². The quantitative estimate of drug-likeness (QED) is 0.338. The summed E-state index contributed by atoms with van der Waals surface area (Å²) in [5.41, 5.74) is 0.0285. The normalized spacial score (nSPS) is 22.7. The Balaban J connectivity index is 1.30. The highest BCUT2D eigenvalue weighted by molar-refractivity contribution is 6.34. The lowest BCUT2D eigenvalue weighted by Crippen LogP contribution is -2.42. The first-order valence-corrected chi connectivity index (χ1v) is 12.2. The first kappa shape index (κ1) is 24.0. The number of nitrogens with zero attached hydrogens (tertiary/aromatic N) is 2. The topological polar surface area (TPSA) is 59.0 Å². The number of carbonyl (C=O) groups excluding carboxylic acids is 2. The summed E-state index contributed by atoms with van der Waals surface area (Å²) in [6, 6.07) is 15.1. The van der Waals surface area contributed by atoms with Gasteiger partial charge in [-0.1, -0.05) is 52.6 Å². The van der Waals surface area contributed by atoms with Gasteiger partial charge < -0.3 is 4.84 Å². The van der Waals surface area contributed by atoms with Crippen LogP contribution in [-0.4, -0.2) is 28.6 Å². The second-order valence-corrected chi connectivity index (χ2v) is 10.2. The highest BCUT2D eigenvalue weighted by atomic mass is 35.5. The molecule has 3 aliphatic rings. The number of hydrogen-bond donors (Lipinski definition) is 0. The van der Waals surface area contributed by atoms with E-state index in [4.69, 9.17) is 28.0 Å². The Morgan fingerprint density at radius 3 is 2.22 bits per heavy atom. The molecule has 0 spiro atoms. The molecule has 2 amide bonds. The van der Waals surface area contributed by atoms with E-state index in [2.05, 4.69) is 5.16 Å². The Kier molecular flexibility index (Phi) is 5.40. The summed E-state index contributed by atoms with van der Waals surface area (Å²) in [4.78, 5) is 32.3. The first-order valence-electron chi connectivity index (χ1n) is 11.5. The first-order chi connectivity index (χ1) is 17.6. The number of oxime groups is 1. The van der Waals surface area contributed by atoms with Crippen LogP contribution in [0.3, 0.4) is 0 Å². The van der Waals surface area contributed by atoms with Crippen LogP contribution in [0.25, 0.3) is 0 Å². The van der Waals surface area contributed by atoms with Crippen molar-refractivity contribution in [3.63, 3.8) is 0 Å². The monoisotopic (exact) mass is 544 g/mol. The fraction of sp³-hybridized carbons (Fsp3) is 0.222. The van der Waals surface area contributed by atoms with E-state index in [9.17, 15) is 22.8 Å². The maximum absolute atomic E-state index is 14.3. The van der Waals surface area contributed by atoms with Crippen molar-refractivity contribution in [2.24, 2.45) is 5.16 Å². The predicted molar refractivity (Wildman–Crippen MR) is 131 cm³/mol. The highest BCUT2D eigenvalue weighted by Gasteiger charge is 2.62. The average Bonchev–Trinajstić information content (AvgIpc) is 3.54. The van der Waals surface area contributed by atoms with Crippen molar-refractivity contribution >= 4 is 40.7 Å². The van der Waals surface area contributed by atoms with E-state index in [0.29, 0.717) is 29.5 Å². The Hall–Kier alpha value is -3.36. The third-order valence-corrected chi connectivity index (χ3v) is 7.61. The van der Waals surface area contributed by atoms with Crippen molar-refractivity contribution in [3.8, 4) is 0 Å². The molecule has 1 aliphatic carbocycles. The summed E-state index contributed by atoms with van der Waals surface area (Å²) in [7, 11) is 0. The maximum atomic E-state index is 14.3. The third-order valence-electron chi connectivity index (χ3n) is 7.17. The summed E-state index contributed by atoms with van der Waals surface area (Å²) in [5.74, 6) is -0.683. The van der Waals surface area contributed by atoms with Gasteiger partial charge in [0, 0.05) is 22.0 Å². The highest BCUT2D eigenvalue weighted by Crippen LogP contribution is 2.50. The number of carbonyl (C=O) groups is 2. The van der Waals surface area contributed by atoms with Crippen molar-refractivity contribution in [1.82, 2.24) is 4.90 Å².